The van der Waals surface area contributed by atoms with Gasteiger partial charge < -0.3 is 18.9 Å². The molecule has 142 valence electrons. The number of fused-ring (bicyclic) bond motifs is 2. The molecule has 1 atom stereocenters. The van der Waals surface area contributed by atoms with Gasteiger partial charge in [-0.3, -0.25) is 4.79 Å². The lowest BCUT2D eigenvalue weighted by Crippen LogP contribution is -2.40. The Hall–Kier alpha value is -3.35. The first-order valence-corrected chi connectivity index (χ1v) is 9.39. The molecule has 1 amide bonds. The Kier molecular flexibility index (Phi) is 4.00. The zero-order valence-corrected chi connectivity index (χ0v) is 15.5. The van der Waals surface area contributed by atoms with Crippen LogP contribution in [-0.2, 0) is 6.54 Å². The molecule has 0 spiro atoms. The van der Waals surface area contributed by atoms with Gasteiger partial charge in [0.15, 0.2) is 23.1 Å². The number of amides is 1. The lowest BCUT2D eigenvalue weighted by molar-refractivity contribution is 0.0681. The van der Waals surface area contributed by atoms with Crippen LogP contribution >= 0.6 is 0 Å². The summed E-state index contributed by atoms with van der Waals surface area (Å²) in [5.41, 5.74) is 1.62. The predicted octanol–water partition coefficient (Wildman–Crippen LogP) is 2.93. The number of ether oxygens (including phenoxy) is 2. The average Bonchev–Trinajstić information content (AvgIpc) is 3.18. The quantitative estimate of drug-likeness (QED) is 0.688. The summed E-state index contributed by atoms with van der Waals surface area (Å²) in [5, 5.41) is 8.74. The largest absolute Gasteiger partial charge is 0.486 e. The predicted molar refractivity (Wildman–Crippen MR) is 102 cm³/mol. The Labute approximate surface area is 162 Å². The molecule has 0 bridgehead atoms. The third-order valence-corrected chi connectivity index (χ3v) is 5.13. The number of hydrogen-bond donors (Lipinski definition) is 0. The summed E-state index contributed by atoms with van der Waals surface area (Å²) < 4.78 is 13.3. The highest BCUT2D eigenvalue weighted by Gasteiger charge is 2.30. The van der Waals surface area contributed by atoms with Gasteiger partial charge in [-0.2, -0.15) is 0 Å². The molecule has 2 aromatic carbocycles. The van der Waals surface area contributed by atoms with E-state index in [1.165, 1.54) is 0 Å². The molecule has 2 aliphatic heterocycles. The van der Waals surface area contributed by atoms with Gasteiger partial charge in [-0.15, -0.1) is 10.2 Å². The Balaban J connectivity index is 1.42. The molecule has 5 rings (SSSR count). The number of benzene rings is 2. The normalized spacial score (nSPS) is 17.9. The molecule has 7 heteroatoms. The van der Waals surface area contributed by atoms with E-state index in [1.54, 1.807) is 18.2 Å². The molecule has 7 nitrogen and oxygen atoms in total. The van der Waals surface area contributed by atoms with E-state index in [-0.39, 0.29) is 11.9 Å². The summed E-state index contributed by atoms with van der Waals surface area (Å²) in [6.07, 6.45) is 0. The van der Waals surface area contributed by atoms with Gasteiger partial charge in [-0.05, 0) is 25.1 Å². The molecule has 2 aliphatic rings. The molecule has 0 radical (unpaired) electrons. The second-order valence-electron chi connectivity index (χ2n) is 7.07. The number of carbonyl (C=O) groups excluding carboxylic acids is 1. The second kappa shape index (κ2) is 6.67. The summed E-state index contributed by atoms with van der Waals surface area (Å²) in [6, 6.07) is 15.4. The molecule has 0 unspecified atom stereocenters. The first-order chi connectivity index (χ1) is 13.7. The number of hydrogen-bond acceptors (Lipinski definition) is 5. The third kappa shape index (κ3) is 2.79. The van der Waals surface area contributed by atoms with E-state index in [4.69, 9.17) is 9.47 Å². The van der Waals surface area contributed by atoms with Crippen molar-refractivity contribution in [1.29, 1.82) is 0 Å². The summed E-state index contributed by atoms with van der Waals surface area (Å²) >= 11 is 0. The maximum atomic E-state index is 13.1. The molecule has 0 saturated carbocycles. The van der Waals surface area contributed by atoms with Crippen molar-refractivity contribution in [2.45, 2.75) is 19.5 Å². The smallest absolute Gasteiger partial charge is 0.254 e. The van der Waals surface area contributed by atoms with Crippen molar-refractivity contribution in [1.82, 2.24) is 19.7 Å². The molecule has 3 heterocycles. The van der Waals surface area contributed by atoms with Crippen molar-refractivity contribution >= 4 is 5.91 Å². The first-order valence-electron chi connectivity index (χ1n) is 9.39. The monoisotopic (exact) mass is 376 g/mol. The van der Waals surface area contributed by atoms with E-state index in [0.717, 1.165) is 17.2 Å². The van der Waals surface area contributed by atoms with Crippen LogP contribution in [0.3, 0.4) is 0 Å². The van der Waals surface area contributed by atoms with Gasteiger partial charge in [0.05, 0.1) is 12.6 Å². The second-order valence-corrected chi connectivity index (χ2v) is 7.07. The minimum absolute atomic E-state index is 0.0423. The minimum atomic E-state index is -0.0423. The Morgan fingerprint density at radius 3 is 2.64 bits per heavy atom. The van der Waals surface area contributed by atoms with Crippen molar-refractivity contribution in [3.63, 3.8) is 0 Å². The van der Waals surface area contributed by atoms with Crippen LogP contribution in [0.1, 0.15) is 29.1 Å². The van der Waals surface area contributed by atoms with E-state index >= 15 is 0 Å². The number of nitrogens with zero attached hydrogens (tertiary/aromatic N) is 4. The highest BCUT2D eigenvalue weighted by Crippen LogP contribution is 2.32. The zero-order valence-electron chi connectivity index (χ0n) is 15.5. The van der Waals surface area contributed by atoms with Crippen LogP contribution in [0.5, 0.6) is 11.5 Å². The van der Waals surface area contributed by atoms with E-state index in [1.807, 2.05) is 35.2 Å². The van der Waals surface area contributed by atoms with Crippen molar-refractivity contribution in [2.75, 3.05) is 19.8 Å². The average molecular weight is 376 g/mol. The molecule has 0 saturated heterocycles. The summed E-state index contributed by atoms with van der Waals surface area (Å²) in [7, 11) is 0. The van der Waals surface area contributed by atoms with E-state index in [2.05, 4.69) is 21.7 Å². The van der Waals surface area contributed by atoms with Crippen LogP contribution in [0.2, 0.25) is 0 Å². The minimum Gasteiger partial charge on any atom is -0.486 e. The Bertz CT molecular complexity index is 1030. The van der Waals surface area contributed by atoms with Gasteiger partial charge >= 0.3 is 0 Å². The Morgan fingerprint density at radius 1 is 1.04 bits per heavy atom. The van der Waals surface area contributed by atoms with Crippen LogP contribution in [0.25, 0.3) is 11.4 Å². The maximum Gasteiger partial charge on any atom is 0.254 e. The number of carbonyl (C=O) groups is 1. The van der Waals surface area contributed by atoms with Crippen LogP contribution < -0.4 is 9.47 Å². The zero-order chi connectivity index (χ0) is 19.1. The van der Waals surface area contributed by atoms with Crippen molar-refractivity contribution < 1.29 is 14.3 Å². The molecule has 0 fully saturated rings. The van der Waals surface area contributed by atoms with Gasteiger partial charge in [0.1, 0.15) is 13.2 Å². The number of rotatable bonds is 2. The molecule has 28 heavy (non-hydrogen) atoms. The van der Waals surface area contributed by atoms with Crippen LogP contribution in [-0.4, -0.2) is 45.3 Å². The fourth-order valence-corrected chi connectivity index (χ4v) is 3.83. The van der Waals surface area contributed by atoms with Crippen molar-refractivity contribution in [2.24, 2.45) is 0 Å². The number of aromatic nitrogens is 3. The third-order valence-electron chi connectivity index (χ3n) is 5.13. The molecular weight excluding hydrogens is 356 g/mol. The molecular formula is C21H20N4O3. The summed E-state index contributed by atoms with van der Waals surface area (Å²) in [5.74, 6) is 2.90. The van der Waals surface area contributed by atoms with Gasteiger partial charge in [0.2, 0.25) is 0 Å². The maximum absolute atomic E-state index is 13.1. The van der Waals surface area contributed by atoms with Gasteiger partial charge in [0, 0.05) is 17.7 Å². The SMILES string of the molecule is C[C@H]1CN(C(=O)c2ccc3c(c2)OCCO3)Cc2nnc(-c3ccccc3)n21. The van der Waals surface area contributed by atoms with Crippen molar-refractivity contribution in [3.8, 4) is 22.9 Å². The highest BCUT2D eigenvalue weighted by atomic mass is 16.6. The fraction of sp³-hybridized carbons (Fsp3) is 0.286. The molecule has 0 N–H and O–H groups in total. The highest BCUT2D eigenvalue weighted by molar-refractivity contribution is 5.95. The van der Waals surface area contributed by atoms with Crippen molar-refractivity contribution in [3.05, 3.63) is 59.9 Å². The van der Waals surface area contributed by atoms with Crippen LogP contribution in [0.4, 0.5) is 0 Å². The van der Waals surface area contributed by atoms with Gasteiger partial charge in [-0.1, -0.05) is 30.3 Å². The van der Waals surface area contributed by atoms with Crippen LogP contribution in [0, 0.1) is 0 Å². The Morgan fingerprint density at radius 2 is 1.82 bits per heavy atom. The summed E-state index contributed by atoms with van der Waals surface area (Å²) in [6.45, 7) is 4.14. The standard InChI is InChI=1S/C21H20N4O3/c1-14-12-24(21(26)16-7-8-17-18(11-16)28-10-9-27-17)13-19-22-23-20(25(14)19)15-5-3-2-4-6-15/h2-8,11,14H,9-10,12-13H2,1H3/t14-/m0/s1. The first kappa shape index (κ1) is 16.8. The fourth-order valence-electron chi connectivity index (χ4n) is 3.83. The summed E-state index contributed by atoms with van der Waals surface area (Å²) in [4.78, 5) is 14.9. The van der Waals surface area contributed by atoms with E-state index in [9.17, 15) is 4.79 Å². The molecule has 0 aliphatic carbocycles. The lowest BCUT2D eigenvalue weighted by atomic mass is 10.1. The van der Waals surface area contributed by atoms with Gasteiger partial charge in [0.25, 0.3) is 5.91 Å². The van der Waals surface area contributed by atoms with Gasteiger partial charge in [-0.25, -0.2) is 0 Å². The van der Waals surface area contributed by atoms with E-state index in [0.29, 0.717) is 43.4 Å². The van der Waals surface area contributed by atoms with Crippen LogP contribution in [0.15, 0.2) is 48.5 Å². The molecule has 3 aromatic rings. The lowest BCUT2D eigenvalue weighted by Gasteiger charge is -2.33. The molecule has 1 aromatic heterocycles. The topological polar surface area (TPSA) is 69.5 Å². The van der Waals surface area contributed by atoms with E-state index < -0.39 is 0 Å².